The SMILES string of the molecule is CCOc1ccc(NC2=C(c3ccccc3)C(=O)N(Cc3ccncc3)C2=O)cc1OCC. The highest BCUT2D eigenvalue weighted by molar-refractivity contribution is 6.36. The van der Waals surface area contributed by atoms with Gasteiger partial charge in [0.1, 0.15) is 5.70 Å². The molecule has 1 aliphatic rings. The maximum Gasteiger partial charge on any atom is 0.278 e. The summed E-state index contributed by atoms with van der Waals surface area (Å²) < 4.78 is 11.3. The summed E-state index contributed by atoms with van der Waals surface area (Å²) in [7, 11) is 0. The van der Waals surface area contributed by atoms with Crippen LogP contribution in [0.3, 0.4) is 0 Å². The molecule has 4 rings (SSSR count). The lowest BCUT2D eigenvalue weighted by atomic mass is 10.0. The normalized spacial score (nSPS) is 13.5. The third kappa shape index (κ3) is 4.72. The Morgan fingerprint density at radius 3 is 2.24 bits per heavy atom. The molecule has 0 fully saturated rings. The van der Waals surface area contributed by atoms with E-state index >= 15 is 0 Å². The van der Waals surface area contributed by atoms with Crippen molar-refractivity contribution >= 4 is 23.1 Å². The number of amides is 2. The molecule has 168 valence electrons. The van der Waals surface area contributed by atoms with Crippen molar-refractivity contribution in [3.8, 4) is 11.5 Å². The van der Waals surface area contributed by atoms with E-state index in [0.29, 0.717) is 41.5 Å². The number of nitrogens with one attached hydrogen (secondary N) is 1. The fourth-order valence-corrected chi connectivity index (χ4v) is 3.65. The smallest absolute Gasteiger partial charge is 0.278 e. The molecule has 7 heteroatoms. The second kappa shape index (κ2) is 9.99. The van der Waals surface area contributed by atoms with Crippen LogP contribution in [0.2, 0.25) is 0 Å². The molecule has 1 aromatic heterocycles. The molecule has 0 aliphatic carbocycles. The molecular formula is C26H25N3O4. The van der Waals surface area contributed by atoms with Gasteiger partial charge in [-0.3, -0.25) is 19.5 Å². The highest BCUT2D eigenvalue weighted by atomic mass is 16.5. The Hall–Kier alpha value is -4.13. The topological polar surface area (TPSA) is 80.8 Å². The van der Waals surface area contributed by atoms with Crippen LogP contribution >= 0.6 is 0 Å². The summed E-state index contributed by atoms with van der Waals surface area (Å²) in [4.78, 5) is 32.0. The van der Waals surface area contributed by atoms with Crippen molar-refractivity contribution in [1.29, 1.82) is 0 Å². The molecule has 0 atom stereocenters. The minimum atomic E-state index is -0.387. The van der Waals surface area contributed by atoms with Crippen LogP contribution in [0.5, 0.6) is 11.5 Å². The van der Waals surface area contributed by atoms with Gasteiger partial charge in [0.05, 0.1) is 25.3 Å². The highest BCUT2D eigenvalue weighted by Gasteiger charge is 2.39. The Morgan fingerprint density at radius 2 is 1.55 bits per heavy atom. The fourth-order valence-electron chi connectivity index (χ4n) is 3.65. The van der Waals surface area contributed by atoms with E-state index in [-0.39, 0.29) is 24.1 Å². The molecule has 0 bridgehead atoms. The van der Waals surface area contributed by atoms with Gasteiger partial charge in [0.15, 0.2) is 11.5 Å². The second-order valence-corrected chi connectivity index (χ2v) is 7.32. The Morgan fingerprint density at radius 1 is 0.848 bits per heavy atom. The fraction of sp³-hybridized carbons (Fsp3) is 0.192. The zero-order chi connectivity index (χ0) is 23.2. The number of pyridine rings is 1. The maximum atomic E-state index is 13.4. The number of aromatic nitrogens is 1. The minimum Gasteiger partial charge on any atom is -0.490 e. The molecule has 1 N–H and O–H groups in total. The summed E-state index contributed by atoms with van der Waals surface area (Å²) in [6.45, 7) is 4.93. The number of ether oxygens (including phenoxy) is 2. The summed E-state index contributed by atoms with van der Waals surface area (Å²) >= 11 is 0. The standard InChI is InChI=1S/C26H25N3O4/c1-3-32-21-11-10-20(16-22(21)33-4-2)28-24-23(19-8-6-5-7-9-19)25(30)29(26(24)31)17-18-12-14-27-15-13-18/h5-16,28H,3-4,17H2,1-2H3. The molecule has 7 nitrogen and oxygen atoms in total. The molecule has 2 aromatic carbocycles. The molecule has 0 saturated heterocycles. The molecule has 3 aromatic rings. The van der Waals surface area contributed by atoms with Crippen LogP contribution in [0.25, 0.3) is 5.57 Å². The molecule has 0 saturated carbocycles. The van der Waals surface area contributed by atoms with Crippen LogP contribution in [0.1, 0.15) is 25.0 Å². The number of hydrogen-bond donors (Lipinski definition) is 1. The van der Waals surface area contributed by atoms with Crippen LogP contribution < -0.4 is 14.8 Å². The summed E-state index contributed by atoms with van der Waals surface area (Å²) in [6, 6.07) is 18.1. The van der Waals surface area contributed by atoms with Gasteiger partial charge in [0.2, 0.25) is 0 Å². The summed E-state index contributed by atoms with van der Waals surface area (Å²) in [5.41, 5.74) is 2.68. The Kier molecular flexibility index (Phi) is 6.69. The molecule has 2 amide bonds. The number of anilines is 1. The number of benzene rings is 2. The number of rotatable bonds is 9. The van der Waals surface area contributed by atoms with E-state index in [0.717, 1.165) is 5.56 Å². The Balaban J connectivity index is 1.71. The van der Waals surface area contributed by atoms with Crippen molar-refractivity contribution < 1.29 is 19.1 Å². The van der Waals surface area contributed by atoms with Crippen molar-refractivity contribution in [3.63, 3.8) is 0 Å². The average molecular weight is 444 g/mol. The van der Waals surface area contributed by atoms with Crippen LogP contribution in [0.4, 0.5) is 5.69 Å². The zero-order valence-corrected chi connectivity index (χ0v) is 18.6. The van der Waals surface area contributed by atoms with Crippen LogP contribution in [0.15, 0.2) is 78.8 Å². The van der Waals surface area contributed by atoms with Gasteiger partial charge in [-0.2, -0.15) is 0 Å². The van der Waals surface area contributed by atoms with Gasteiger partial charge in [-0.25, -0.2) is 0 Å². The van der Waals surface area contributed by atoms with Gasteiger partial charge in [-0.1, -0.05) is 30.3 Å². The van der Waals surface area contributed by atoms with Crippen molar-refractivity contribution in [3.05, 3.63) is 89.9 Å². The lowest BCUT2D eigenvalue weighted by molar-refractivity contribution is -0.137. The minimum absolute atomic E-state index is 0.162. The Bertz CT molecular complexity index is 1180. The largest absolute Gasteiger partial charge is 0.490 e. The first kappa shape index (κ1) is 22.1. The van der Waals surface area contributed by atoms with Crippen molar-refractivity contribution in [2.75, 3.05) is 18.5 Å². The number of imide groups is 1. The summed E-state index contributed by atoms with van der Waals surface area (Å²) in [5.74, 6) is 0.455. The zero-order valence-electron chi connectivity index (χ0n) is 18.6. The van der Waals surface area contributed by atoms with Crippen molar-refractivity contribution in [1.82, 2.24) is 9.88 Å². The predicted molar refractivity (Wildman–Crippen MR) is 126 cm³/mol. The van der Waals surface area contributed by atoms with Crippen LogP contribution in [-0.2, 0) is 16.1 Å². The van der Waals surface area contributed by atoms with E-state index < -0.39 is 0 Å². The summed E-state index contributed by atoms with van der Waals surface area (Å²) in [5, 5.41) is 3.17. The van der Waals surface area contributed by atoms with E-state index in [1.807, 2.05) is 44.2 Å². The van der Waals surface area contributed by atoms with Crippen LogP contribution in [-0.4, -0.2) is 34.9 Å². The van der Waals surface area contributed by atoms with E-state index in [4.69, 9.17) is 9.47 Å². The third-order valence-corrected chi connectivity index (χ3v) is 5.13. The quantitative estimate of drug-likeness (QED) is 0.498. The van der Waals surface area contributed by atoms with Gasteiger partial charge < -0.3 is 14.8 Å². The highest BCUT2D eigenvalue weighted by Crippen LogP contribution is 2.35. The summed E-state index contributed by atoms with van der Waals surface area (Å²) in [6.07, 6.45) is 3.28. The van der Waals surface area contributed by atoms with Gasteiger partial charge in [0, 0.05) is 24.1 Å². The van der Waals surface area contributed by atoms with E-state index in [9.17, 15) is 9.59 Å². The van der Waals surface area contributed by atoms with Gasteiger partial charge >= 0.3 is 0 Å². The lowest BCUT2D eigenvalue weighted by Crippen LogP contribution is -2.32. The van der Waals surface area contributed by atoms with Crippen molar-refractivity contribution in [2.45, 2.75) is 20.4 Å². The van der Waals surface area contributed by atoms with E-state index in [1.165, 1.54) is 4.90 Å². The van der Waals surface area contributed by atoms with Gasteiger partial charge in [-0.15, -0.1) is 0 Å². The van der Waals surface area contributed by atoms with E-state index in [2.05, 4.69) is 10.3 Å². The molecule has 0 radical (unpaired) electrons. The van der Waals surface area contributed by atoms with Gasteiger partial charge in [-0.05, 0) is 49.2 Å². The molecule has 0 unspecified atom stereocenters. The molecule has 1 aliphatic heterocycles. The lowest BCUT2D eigenvalue weighted by Gasteiger charge is -2.16. The number of nitrogens with zero attached hydrogens (tertiary/aromatic N) is 2. The monoisotopic (exact) mass is 443 g/mol. The van der Waals surface area contributed by atoms with Gasteiger partial charge in [0.25, 0.3) is 11.8 Å². The molecule has 2 heterocycles. The predicted octanol–water partition coefficient (Wildman–Crippen LogP) is 4.27. The van der Waals surface area contributed by atoms with Crippen LogP contribution in [0, 0.1) is 0 Å². The second-order valence-electron chi connectivity index (χ2n) is 7.32. The first-order chi connectivity index (χ1) is 16.1. The first-order valence-corrected chi connectivity index (χ1v) is 10.8. The molecule has 33 heavy (non-hydrogen) atoms. The number of carbonyl (C=O) groups excluding carboxylic acids is 2. The first-order valence-electron chi connectivity index (χ1n) is 10.8. The molecule has 0 spiro atoms. The Labute approximate surface area is 192 Å². The van der Waals surface area contributed by atoms with Crippen molar-refractivity contribution in [2.24, 2.45) is 0 Å². The number of carbonyl (C=O) groups is 2. The average Bonchev–Trinajstić information content (AvgIpc) is 3.06. The third-order valence-electron chi connectivity index (χ3n) is 5.13. The van der Waals surface area contributed by atoms with E-state index in [1.54, 1.807) is 42.7 Å². The maximum absolute atomic E-state index is 13.4. The molecular weight excluding hydrogens is 418 g/mol. The number of hydrogen-bond acceptors (Lipinski definition) is 6.